The summed E-state index contributed by atoms with van der Waals surface area (Å²) in [6.45, 7) is 4.89. The average molecular weight is 517 g/mol. The highest BCUT2D eigenvalue weighted by molar-refractivity contribution is 14.0. The predicted octanol–water partition coefficient (Wildman–Crippen LogP) is 3.84. The van der Waals surface area contributed by atoms with Crippen molar-refractivity contribution in [1.82, 2.24) is 5.32 Å². The molecule has 2 aromatic rings. The van der Waals surface area contributed by atoms with Gasteiger partial charge in [-0.25, -0.2) is 0 Å². The van der Waals surface area contributed by atoms with E-state index in [4.69, 9.17) is 5.73 Å². The molecule has 0 unspecified atom stereocenters. The van der Waals surface area contributed by atoms with E-state index in [0.29, 0.717) is 24.6 Å². The van der Waals surface area contributed by atoms with E-state index in [1.54, 1.807) is 12.1 Å². The molecule has 0 fully saturated rings. The smallest absolute Gasteiger partial charge is 0.251 e. The number of halogens is 2. The molecule has 0 aliphatic rings. The molecule has 25 heavy (non-hydrogen) atoms. The van der Waals surface area contributed by atoms with Crippen LogP contribution in [0.15, 0.2) is 51.9 Å². The van der Waals surface area contributed by atoms with E-state index in [0.717, 1.165) is 21.3 Å². The Morgan fingerprint density at radius 2 is 1.72 bits per heavy atom. The number of guanidine groups is 1. The Kier molecular flexibility index (Phi) is 8.91. The number of anilines is 1. The van der Waals surface area contributed by atoms with E-state index in [2.05, 4.69) is 37.6 Å². The molecule has 134 valence electrons. The first-order valence-corrected chi connectivity index (χ1v) is 8.42. The topological polar surface area (TPSA) is 79.5 Å². The van der Waals surface area contributed by atoms with Gasteiger partial charge < -0.3 is 16.4 Å². The van der Waals surface area contributed by atoms with Crippen LogP contribution in [0.25, 0.3) is 0 Å². The fourth-order valence-electron chi connectivity index (χ4n) is 2.28. The highest BCUT2D eigenvalue weighted by atomic mass is 127. The number of carbonyl (C=O) groups excluding carboxylic acids is 1. The molecular weight excluding hydrogens is 495 g/mol. The number of hydrogen-bond acceptors (Lipinski definition) is 2. The van der Waals surface area contributed by atoms with Gasteiger partial charge in [-0.2, -0.15) is 0 Å². The van der Waals surface area contributed by atoms with Gasteiger partial charge in [0, 0.05) is 22.3 Å². The highest BCUT2D eigenvalue weighted by Crippen LogP contribution is 2.13. The van der Waals surface area contributed by atoms with Crippen molar-refractivity contribution in [1.29, 1.82) is 0 Å². The number of amides is 1. The molecule has 7 heteroatoms. The first-order chi connectivity index (χ1) is 11.4. The van der Waals surface area contributed by atoms with Gasteiger partial charge in [-0.05, 0) is 61.4 Å². The Bertz CT molecular complexity index is 727. The first-order valence-electron chi connectivity index (χ1n) is 7.63. The Morgan fingerprint density at radius 3 is 2.32 bits per heavy atom. The Balaban J connectivity index is 0.00000312. The second-order valence-electron chi connectivity index (χ2n) is 5.53. The van der Waals surface area contributed by atoms with Crippen LogP contribution in [-0.4, -0.2) is 25.0 Å². The molecule has 0 spiro atoms. The minimum Gasteiger partial charge on any atom is -0.370 e. The molecule has 5 nitrogen and oxygen atoms in total. The minimum absolute atomic E-state index is 0. The molecule has 2 aromatic carbocycles. The van der Waals surface area contributed by atoms with Crippen molar-refractivity contribution in [2.45, 2.75) is 13.8 Å². The van der Waals surface area contributed by atoms with Crippen LogP contribution in [0.2, 0.25) is 0 Å². The van der Waals surface area contributed by atoms with Gasteiger partial charge in [0.15, 0.2) is 5.96 Å². The van der Waals surface area contributed by atoms with Gasteiger partial charge in [0.1, 0.15) is 0 Å². The molecule has 0 aromatic heterocycles. The lowest BCUT2D eigenvalue weighted by Gasteiger charge is -2.08. The van der Waals surface area contributed by atoms with Crippen molar-refractivity contribution in [3.63, 3.8) is 0 Å². The lowest BCUT2D eigenvalue weighted by atomic mass is 10.1. The Hall–Kier alpha value is -1.61. The van der Waals surface area contributed by atoms with E-state index in [1.165, 1.54) is 0 Å². The zero-order valence-corrected chi connectivity index (χ0v) is 18.1. The van der Waals surface area contributed by atoms with E-state index >= 15 is 0 Å². The van der Waals surface area contributed by atoms with Crippen molar-refractivity contribution in [3.8, 4) is 0 Å². The van der Waals surface area contributed by atoms with Crippen LogP contribution in [-0.2, 0) is 0 Å². The van der Waals surface area contributed by atoms with Crippen LogP contribution in [0.5, 0.6) is 0 Å². The fourth-order valence-corrected chi connectivity index (χ4v) is 2.55. The molecule has 0 saturated carbocycles. The monoisotopic (exact) mass is 516 g/mol. The number of hydrogen-bond donors (Lipinski definition) is 3. The number of aryl methyl sites for hydroxylation is 2. The Morgan fingerprint density at radius 1 is 1.12 bits per heavy atom. The van der Waals surface area contributed by atoms with E-state index < -0.39 is 0 Å². The number of rotatable bonds is 5. The maximum absolute atomic E-state index is 11.9. The molecule has 0 radical (unpaired) electrons. The van der Waals surface area contributed by atoms with E-state index in [9.17, 15) is 4.79 Å². The summed E-state index contributed by atoms with van der Waals surface area (Å²) in [6.07, 6.45) is 0. The lowest BCUT2D eigenvalue weighted by Crippen LogP contribution is -2.28. The van der Waals surface area contributed by atoms with Crippen LogP contribution >= 0.6 is 39.9 Å². The van der Waals surface area contributed by atoms with E-state index in [-0.39, 0.29) is 29.9 Å². The van der Waals surface area contributed by atoms with Gasteiger partial charge in [0.05, 0.1) is 6.54 Å². The molecule has 0 bridgehead atoms. The van der Waals surface area contributed by atoms with Crippen LogP contribution in [0, 0.1) is 13.8 Å². The van der Waals surface area contributed by atoms with Gasteiger partial charge in [0.25, 0.3) is 5.91 Å². The zero-order chi connectivity index (χ0) is 17.5. The predicted molar refractivity (Wildman–Crippen MR) is 118 cm³/mol. The maximum atomic E-state index is 11.9. The zero-order valence-electron chi connectivity index (χ0n) is 14.2. The second-order valence-corrected chi connectivity index (χ2v) is 6.45. The van der Waals surface area contributed by atoms with Crippen LogP contribution in [0.4, 0.5) is 5.69 Å². The van der Waals surface area contributed by atoms with Gasteiger partial charge in [-0.1, -0.05) is 22.0 Å². The third kappa shape index (κ3) is 7.43. The fraction of sp³-hybridized carbons (Fsp3) is 0.222. The van der Waals surface area contributed by atoms with E-state index in [1.807, 2.05) is 38.1 Å². The molecule has 0 heterocycles. The summed E-state index contributed by atoms with van der Waals surface area (Å²) in [6, 6.07) is 13.3. The number of nitrogens with one attached hydrogen (secondary N) is 2. The largest absolute Gasteiger partial charge is 0.370 e. The normalized spacial score (nSPS) is 10.8. The molecule has 0 aliphatic carbocycles. The van der Waals surface area contributed by atoms with Crippen molar-refractivity contribution in [3.05, 3.63) is 63.6 Å². The number of nitrogens with two attached hydrogens (primary N) is 1. The number of benzene rings is 2. The SMILES string of the molecule is Cc1cc(C)cc(NC(N)=NCCNC(=O)c2ccc(Br)cc2)c1.I. The third-order valence-corrected chi connectivity index (χ3v) is 3.81. The quantitative estimate of drug-likeness (QED) is 0.244. The molecule has 0 saturated heterocycles. The molecule has 4 N–H and O–H groups in total. The van der Waals surface area contributed by atoms with Crippen LogP contribution in [0.3, 0.4) is 0 Å². The third-order valence-electron chi connectivity index (χ3n) is 3.28. The minimum atomic E-state index is -0.126. The molecule has 0 atom stereocenters. The summed E-state index contributed by atoms with van der Waals surface area (Å²) in [7, 11) is 0. The number of aliphatic imine (C=N–C) groups is 1. The van der Waals surface area contributed by atoms with Crippen LogP contribution < -0.4 is 16.4 Å². The van der Waals surface area contributed by atoms with Crippen LogP contribution in [0.1, 0.15) is 21.5 Å². The van der Waals surface area contributed by atoms with Crippen molar-refractivity contribution in [2.24, 2.45) is 10.7 Å². The lowest BCUT2D eigenvalue weighted by molar-refractivity contribution is 0.0955. The summed E-state index contributed by atoms with van der Waals surface area (Å²) in [4.78, 5) is 16.2. The van der Waals surface area contributed by atoms with Crippen molar-refractivity contribution >= 4 is 57.5 Å². The summed E-state index contributed by atoms with van der Waals surface area (Å²) < 4.78 is 0.939. The highest BCUT2D eigenvalue weighted by Gasteiger charge is 2.03. The number of nitrogens with zero attached hydrogens (tertiary/aromatic N) is 1. The summed E-state index contributed by atoms with van der Waals surface area (Å²) in [5, 5.41) is 5.87. The first kappa shape index (κ1) is 21.4. The Labute approximate surface area is 173 Å². The molecule has 1 amide bonds. The van der Waals surface area contributed by atoms with Crippen molar-refractivity contribution in [2.75, 3.05) is 18.4 Å². The summed E-state index contributed by atoms with van der Waals surface area (Å²) >= 11 is 3.34. The summed E-state index contributed by atoms with van der Waals surface area (Å²) in [5.74, 6) is 0.205. The molecular formula is C18H22BrIN4O. The molecule has 0 aliphatic heterocycles. The maximum Gasteiger partial charge on any atom is 0.251 e. The van der Waals surface area contributed by atoms with Gasteiger partial charge in [0.2, 0.25) is 0 Å². The van der Waals surface area contributed by atoms with Gasteiger partial charge >= 0.3 is 0 Å². The van der Waals surface area contributed by atoms with Crippen molar-refractivity contribution < 1.29 is 4.79 Å². The number of carbonyl (C=O) groups is 1. The standard InChI is InChI=1S/C18H21BrN4O.HI/c1-12-9-13(2)11-16(10-12)23-18(20)22-8-7-21-17(24)14-3-5-15(19)6-4-14;/h3-6,9-11H,7-8H2,1-2H3,(H,21,24)(H3,20,22,23);1H. The molecule has 2 rings (SSSR count). The van der Waals surface area contributed by atoms with Gasteiger partial charge in [-0.3, -0.25) is 9.79 Å². The average Bonchev–Trinajstić information content (AvgIpc) is 2.51. The second kappa shape index (κ2) is 10.4. The van der Waals surface area contributed by atoms with Gasteiger partial charge in [-0.15, -0.1) is 24.0 Å². The summed E-state index contributed by atoms with van der Waals surface area (Å²) in [5.41, 5.74) is 9.71.